The van der Waals surface area contributed by atoms with E-state index in [2.05, 4.69) is 10.3 Å². The number of benzene rings is 1. The van der Waals surface area contributed by atoms with E-state index in [1.54, 1.807) is 13.0 Å². The number of hydrogen-bond donors (Lipinski definition) is 1. The van der Waals surface area contributed by atoms with Gasteiger partial charge in [-0.25, -0.2) is 13.4 Å². The first-order chi connectivity index (χ1) is 12.7. The van der Waals surface area contributed by atoms with E-state index >= 15 is 0 Å². The summed E-state index contributed by atoms with van der Waals surface area (Å²) in [6.07, 6.45) is 0.384. The molecule has 0 bridgehead atoms. The van der Waals surface area contributed by atoms with Crippen LogP contribution >= 0.6 is 0 Å². The first kappa shape index (κ1) is 19.2. The van der Waals surface area contributed by atoms with E-state index in [1.165, 1.54) is 24.9 Å². The van der Waals surface area contributed by atoms with E-state index in [-0.39, 0.29) is 23.6 Å². The van der Waals surface area contributed by atoms with E-state index in [1.807, 2.05) is 0 Å². The van der Waals surface area contributed by atoms with Crippen molar-refractivity contribution in [2.24, 2.45) is 0 Å². The molecule has 1 N–H and O–H groups in total. The Bertz CT molecular complexity index is 1060. The van der Waals surface area contributed by atoms with E-state index in [9.17, 15) is 18.0 Å². The average molecular weight is 395 g/mol. The maximum Gasteiger partial charge on any atom is 0.262 e. The number of nitrogens with one attached hydrogen (secondary N) is 1. The first-order valence-electron chi connectivity index (χ1n) is 8.37. The predicted molar refractivity (Wildman–Crippen MR) is 99.0 cm³/mol. The number of methoxy groups -OCH3 is 2. The zero-order valence-electron chi connectivity index (χ0n) is 15.3. The maximum atomic E-state index is 12.8. The van der Waals surface area contributed by atoms with Crippen LogP contribution in [0.5, 0.6) is 11.5 Å². The lowest BCUT2D eigenvalue weighted by molar-refractivity contribution is -0.122. The molecule has 1 aromatic carbocycles. The van der Waals surface area contributed by atoms with Crippen molar-refractivity contribution in [3.63, 3.8) is 0 Å². The molecule has 0 unspecified atom stereocenters. The number of aryl methyl sites for hydroxylation is 1. The number of ether oxygens (including phenoxy) is 2. The van der Waals surface area contributed by atoms with E-state index in [4.69, 9.17) is 9.47 Å². The third kappa shape index (κ3) is 3.90. The van der Waals surface area contributed by atoms with Gasteiger partial charge in [0.1, 0.15) is 12.4 Å². The molecule has 1 fully saturated rings. The van der Waals surface area contributed by atoms with Crippen LogP contribution in [-0.4, -0.2) is 55.6 Å². The molecule has 0 spiro atoms. The summed E-state index contributed by atoms with van der Waals surface area (Å²) in [6, 6.07) is 2.72. The molecular weight excluding hydrogens is 374 g/mol. The molecule has 1 aromatic heterocycles. The minimum atomic E-state index is -3.09. The van der Waals surface area contributed by atoms with E-state index < -0.39 is 21.8 Å². The number of carbonyl (C=O) groups excluding carboxylic acids is 1. The van der Waals surface area contributed by atoms with Crippen LogP contribution in [0.4, 0.5) is 0 Å². The fraction of sp³-hybridized carbons (Fsp3) is 0.471. The zero-order chi connectivity index (χ0) is 19.8. The number of amides is 1. The third-order valence-electron chi connectivity index (χ3n) is 4.55. The topological polar surface area (TPSA) is 117 Å². The Hall–Kier alpha value is -2.62. The Morgan fingerprint density at radius 2 is 1.96 bits per heavy atom. The molecular formula is C17H21N3O6S. The fourth-order valence-electron chi connectivity index (χ4n) is 3.17. The molecule has 9 nitrogen and oxygen atoms in total. The quantitative estimate of drug-likeness (QED) is 0.759. The minimum absolute atomic E-state index is 0.0656. The molecule has 1 amide bonds. The van der Waals surface area contributed by atoms with Gasteiger partial charge in [-0.2, -0.15) is 0 Å². The van der Waals surface area contributed by atoms with E-state index in [0.717, 1.165) is 0 Å². The SMILES string of the molecule is COc1cc2nc(C)n(CC(=O)N[C@H]3CCS(=O)(=O)C3)c(=O)c2cc1OC. The highest BCUT2D eigenvalue weighted by atomic mass is 32.2. The van der Waals surface area contributed by atoms with Gasteiger partial charge in [0.25, 0.3) is 5.56 Å². The summed E-state index contributed by atoms with van der Waals surface area (Å²) in [6.45, 7) is 1.39. The molecule has 146 valence electrons. The van der Waals surface area contributed by atoms with Gasteiger partial charge in [-0.05, 0) is 19.4 Å². The molecule has 1 aliphatic heterocycles. The van der Waals surface area contributed by atoms with Crippen LogP contribution in [0, 0.1) is 6.92 Å². The van der Waals surface area contributed by atoms with Crippen molar-refractivity contribution in [2.45, 2.75) is 25.9 Å². The fourth-order valence-corrected chi connectivity index (χ4v) is 4.84. The Labute approximate surface area is 156 Å². The monoisotopic (exact) mass is 395 g/mol. The maximum absolute atomic E-state index is 12.8. The number of rotatable bonds is 5. The standard InChI is InChI=1S/C17H21N3O6S/c1-10-18-13-7-15(26-3)14(25-2)6-12(13)17(22)20(10)8-16(21)19-11-4-5-27(23,24)9-11/h6-7,11H,4-5,8-9H2,1-3H3,(H,19,21)/t11-/m0/s1. The number of aromatic nitrogens is 2. The van der Waals surface area contributed by atoms with Gasteiger partial charge in [-0.1, -0.05) is 0 Å². The third-order valence-corrected chi connectivity index (χ3v) is 6.32. The molecule has 27 heavy (non-hydrogen) atoms. The summed E-state index contributed by atoms with van der Waals surface area (Å²) in [4.78, 5) is 29.5. The summed E-state index contributed by atoms with van der Waals surface area (Å²) >= 11 is 0. The number of fused-ring (bicyclic) bond motifs is 1. The van der Waals surface area contributed by atoms with Gasteiger partial charge >= 0.3 is 0 Å². The van der Waals surface area contributed by atoms with Crippen molar-refractivity contribution >= 4 is 26.6 Å². The van der Waals surface area contributed by atoms with Crippen LogP contribution < -0.4 is 20.3 Å². The number of sulfone groups is 1. The number of hydrogen-bond acceptors (Lipinski definition) is 7. The lowest BCUT2D eigenvalue weighted by Gasteiger charge is -2.15. The number of nitrogens with zero attached hydrogens (tertiary/aromatic N) is 2. The molecule has 3 rings (SSSR count). The minimum Gasteiger partial charge on any atom is -0.493 e. The van der Waals surface area contributed by atoms with Crippen molar-refractivity contribution in [3.8, 4) is 11.5 Å². The van der Waals surface area contributed by atoms with Crippen LogP contribution in [-0.2, 0) is 21.2 Å². The molecule has 0 radical (unpaired) electrons. The van der Waals surface area contributed by atoms with Gasteiger partial charge in [-0.15, -0.1) is 0 Å². The molecule has 1 saturated heterocycles. The Balaban J connectivity index is 1.90. The van der Waals surface area contributed by atoms with Gasteiger partial charge in [0, 0.05) is 12.1 Å². The van der Waals surface area contributed by atoms with E-state index in [0.29, 0.717) is 34.6 Å². The Morgan fingerprint density at radius 3 is 2.56 bits per heavy atom. The zero-order valence-corrected chi connectivity index (χ0v) is 16.1. The Kier molecular flexibility index (Phi) is 5.09. The summed E-state index contributed by atoms with van der Waals surface area (Å²) in [5.74, 6) is 0.780. The normalized spacial score (nSPS) is 18.4. The highest BCUT2D eigenvalue weighted by Gasteiger charge is 2.29. The van der Waals surface area contributed by atoms with Crippen molar-refractivity contribution in [2.75, 3.05) is 25.7 Å². The summed E-state index contributed by atoms with van der Waals surface area (Å²) in [7, 11) is -0.138. The molecule has 10 heteroatoms. The number of carbonyl (C=O) groups is 1. The molecule has 2 aromatic rings. The van der Waals surface area contributed by atoms with Crippen LogP contribution in [0.3, 0.4) is 0 Å². The summed E-state index contributed by atoms with van der Waals surface area (Å²) < 4.78 is 34.7. The van der Waals surface area contributed by atoms with Crippen LogP contribution in [0.1, 0.15) is 12.2 Å². The van der Waals surface area contributed by atoms with Gasteiger partial charge in [0.15, 0.2) is 21.3 Å². The molecule has 1 atom stereocenters. The lowest BCUT2D eigenvalue weighted by Crippen LogP contribution is -2.40. The smallest absolute Gasteiger partial charge is 0.262 e. The van der Waals surface area contributed by atoms with Crippen LogP contribution in [0.2, 0.25) is 0 Å². The van der Waals surface area contributed by atoms with Gasteiger partial charge in [0.2, 0.25) is 5.91 Å². The van der Waals surface area contributed by atoms with Gasteiger partial charge in [-0.3, -0.25) is 14.2 Å². The lowest BCUT2D eigenvalue weighted by atomic mass is 10.2. The largest absolute Gasteiger partial charge is 0.493 e. The average Bonchev–Trinajstić information content (AvgIpc) is 2.95. The van der Waals surface area contributed by atoms with Crippen molar-refractivity contribution in [1.82, 2.24) is 14.9 Å². The second kappa shape index (κ2) is 7.18. The molecule has 0 aliphatic carbocycles. The van der Waals surface area contributed by atoms with Crippen molar-refractivity contribution < 1.29 is 22.7 Å². The van der Waals surface area contributed by atoms with Gasteiger partial charge in [0.05, 0.1) is 36.6 Å². The van der Waals surface area contributed by atoms with Crippen molar-refractivity contribution in [1.29, 1.82) is 0 Å². The van der Waals surface area contributed by atoms with Crippen LogP contribution in [0.25, 0.3) is 10.9 Å². The van der Waals surface area contributed by atoms with Crippen molar-refractivity contribution in [3.05, 3.63) is 28.3 Å². The highest BCUT2D eigenvalue weighted by Crippen LogP contribution is 2.30. The first-order valence-corrected chi connectivity index (χ1v) is 10.2. The second-order valence-corrected chi connectivity index (χ2v) is 8.67. The van der Waals surface area contributed by atoms with Crippen LogP contribution in [0.15, 0.2) is 16.9 Å². The summed E-state index contributed by atoms with van der Waals surface area (Å²) in [5, 5.41) is 2.98. The molecule has 0 saturated carbocycles. The predicted octanol–water partition coefficient (Wildman–Crippen LogP) is 0.0254. The second-order valence-electron chi connectivity index (χ2n) is 6.44. The van der Waals surface area contributed by atoms with Gasteiger partial charge < -0.3 is 14.8 Å². The Morgan fingerprint density at radius 1 is 1.30 bits per heavy atom. The highest BCUT2D eigenvalue weighted by molar-refractivity contribution is 7.91. The molecule has 2 heterocycles. The molecule has 1 aliphatic rings. The summed E-state index contributed by atoms with van der Waals surface area (Å²) in [5.41, 5.74) is 0.0568.